The summed E-state index contributed by atoms with van der Waals surface area (Å²) in [7, 11) is 0. The van der Waals surface area contributed by atoms with E-state index in [2.05, 4.69) is 27.5 Å². The summed E-state index contributed by atoms with van der Waals surface area (Å²) in [5, 5.41) is 15.6. The predicted molar refractivity (Wildman–Crippen MR) is 114 cm³/mol. The lowest BCUT2D eigenvalue weighted by molar-refractivity contribution is -0.117. The van der Waals surface area contributed by atoms with E-state index in [9.17, 15) is 4.79 Å². The van der Waals surface area contributed by atoms with E-state index in [0.29, 0.717) is 36.4 Å². The van der Waals surface area contributed by atoms with Crippen LogP contribution in [0.25, 0.3) is 17.3 Å². The zero-order valence-corrected chi connectivity index (χ0v) is 17.5. The molecule has 31 heavy (non-hydrogen) atoms. The Morgan fingerprint density at radius 1 is 1.16 bits per heavy atom. The molecular weight excluding hydrogens is 396 g/mol. The third-order valence-electron chi connectivity index (χ3n) is 4.56. The van der Waals surface area contributed by atoms with E-state index in [4.69, 9.17) is 8.83 Å². The van der Waals surface area contributed by atoms with Gasteiger partial charge in [0.05, 0.1) is 30.7 Å². The summed E-state index contributed by atoms with van der Waals surface area (Å²) in [6.45, 7) is 5.21. The van der Waals surface area contributed by atoms with Crippen molar-refractivity contribution in [3.05, 3.63) is 66.4 Å². The van der Waals surface area contributed by atoms with E-state index in [1.54, 1.807) is 23.1 Å². The van der Waals surface area contributed by atoms with Gasteiger partial charge >= 0.3 is 0 Å². The van der Waals surface area contributed by atoms with Crippen molar-refractivity contribution in [2.45, 2.75) is 26.8 Å². The Hall–Kier alpha value is -3.72. The Kier molecular flexibility index (Phi) is 6.23. The molecule has 1 aromatic carbocycles. The summed E-state index contributed by atoms with van der Waals surface area (Å²) in [6.07, 6.45) is 2.43. The van der Waals surface area contributed by atoms with Gasteiger partial charge in [0, 0.05) is 6.07 Å². The van der Waals surface area contributed by atoms with Gasteiger partial charge in [0.15, 0.2) is 5.76 Å². The molecule has 0 aliphatic carbocycles. The number of hydrogen-bond acceptors (Lipinski definition) is 7. The fraction of sp³-hybridized carbons (Fsp3) is 0.273. The van der Waals surface area contributed by atoms with Gasteiger partial charge in [-0.05, 0) is 44.2 Å². The molecule has 9 nitrogen and oxygen atoms in total. The van der Waals surface area contributed by atoms with Crippen molar-refractivity contribution in [3.8, 4) is 17.3 Å². The van der Waals surface area contributed by atoms with Crippen LogP contribution >= 0.6 is 0 Å². The fourth-order valence-electron chi connectivity index (χ4n) is 3.28. The molecular formula is C22H24N6O3. The highest BCUT2D eigenvalue weighted by Crippen LogP contribution is 2.19. The van der Waals surface area contributed by atoms with Crippen LogP contribution in [-0.2, 0) is 11.3 Å². The molecule has 0 aliphatic rings. The van der Waals surface area contributed by atoms with Gasteiger partial charge in [-0.2, -0.15) is 5.10 Å². The minimum atomic E-state index is -0.142. The number of amides is 1. The van der Waals surface area contributed by atoms with Crippen LogP contribution < -0.4 is 5.32 Å². The SMILES string of the molecule is CCCN(CC(=O)Nc1cc(C)nn1-c1ccccc1)Cc1nnc(-c2ccco2)o1. The molecule has 0 saturated heterocycles. The number of aromatic nitrogens is 4. The number of para-hydroxylation sites is 1. The number of anilines is 1. The highest BCUT2D eigenvalue weighted by atomic mass is 16.4. The molecule has 0 fully saturated rings. The summed E-state index contributed by atoms with van der Waals surface area (Å²) in [5.41, 5.74) is 1.70. The van der Waals surface area contributed by atoms with E-state index in [1.165, 1.54) is 0 Å². The fourth-order valence-corrected chi connectivity index (χ4v) is 3.28. The smallest absolute Gasteiger partial charge is 0.283 e. The molecule has 0 radical (unpaired) electrons. The average Bonchev–Trinajstić information content (AvgIpc) is 3.50. The standard InChI is InChI=1S/C22H24N6O3/c1-3-11-27(15-21-24-25-22(31-21)18-10-7-12-30-18)14-20(29)23-19-13-16(2)26-28(19)17-8-5-4-6-9-17/h4-10,12-13H,3,11,14-15H2,1-2H3,(H,23,29). The van der Waals surface area contributed by atoms with Crippen LogP contribution in [0.3, 0.4) is 0 Å². The number of nitrogens with one attached hydrogen (secondary N) is 1. The first-order valence-corrected chi connectivity index (χ1v) is 10.1. The van der Waals surface area contributed by atoms with E-state index in [0.717, 1.165) is 17.8 Å². The normalized spacial score (nSPS) is 11.2. The molecule has 3 heterocycles. The van der Waals surface area contributed by atoms with Crippen molar-refractivity contribution < 1.29 is 13.6 Å². The van der Waals surface area contributed by atoms with Crippen LogP contribution in [-0.4, -0.2) is 43.9 Å². The minimum absolute atomic E-state index is 0.142. The molecule has 160 valence electrons. The lowest BCUT2D eigenvalue weighted by Gasteiger charge is -2.19. The van der Waals surface area contributed by atoms with E-state index >= 15 is 0 Å². The Labute approximate surface area is 179 Å². The van der Waals surface area contributed by atoms with Gasteiger partial charge in [0.25, 0.3) is 5.89 Å². The molecule has 0 aliphatic heterocycles. The zero-order chi connectivity index (χ0) is 21.6. The number of rotatable bonds is 9. The van der Waals surface area contributed by atoms with Crippen molar-refractivity contribution in [1.29, 1.82) is 0 Å². The summed E-state index contributed by atoms with van der Waals surface area (Å²) in [6, 6.07) is 15.1. The maximum absolute atomic E-state index is 12.8. The first-order chi connectivity index (χ1) is 15.1. The van der Waals surface area contributed by atoms with Gasteiger partial charge in [-0.3, -0.25) is 9.69 Å². The molecule has 3 aromatic heterocycles. The van der Waals surface area contributed by atoms with Crippen LogP contribution in [0.2, 0.25) is 0 Å². The number of carbonyl (C=O) groups excluding carboxylic acids is 1. The number of benzene rings is 1. The minimum Gasteiger partial charge on any atom is -0.459 e. The number of aryl methyl sites for hydroxylation is 1. The largest absolute Gasteiger partial charge is 0.459 e. The lowest BCUT2D eigenvalue weighted by atomic mass is 10.3. The molecule has 0 saturated carbocycles. The van der Waals surface area contributed by atoms with Gasteiger partial charge < -0.3 is 14.2 Å². The molecule has 0 bridgehead atoms. The molecule has 1 N–H and O–H groups in total. The second kappa shape index (κ2) is 9.40. The number of hydrogen-bond donors (Lipinski definition) is 1. The first-order valence-electron chi connectivity index (χ1n) is 10.1. The summed E-state index contributed by atoms with van der Waals surface area (Å²) < 4.78 is 12.7. The highest BCUT2D eigenvalue weighted by Gasteiger charge is 2.18. The monoisotopic (exact) mass is 420 g/mol. The van der Waals surface area contributed by atoms with Gasteiger partial charge in [0.1, 0.15) is 5.82 Å². The topological polar surface area (TPSA) is 102 Å². The number of furan rings is 1. The van der Waals surface area contributed by atoms with Crippen LogP contribution in [0.1, 0.15) is 24.9 Å². The predicted octanol–water partition coefficient (Wildman–Crippen LogP) is 3.67. The van der Waals surface area contributed by atoms with Gasteiger partial charge in [-0.1, -0.05) is 25.1 Å². The van der Waals surface area contributed by atoms with E-state index in [1.807, 2.05) is 48.2 Å². The van der Waals surface area contributed by atoms with Crippen LogP contribution in [0, 0.1) is 6.92 Å². The maximum atomic E-state index is 12.8. The molecule has 0 unspecified atom stereocenters. The third kappa shape index (κ3) is 5.07. The molecule has 4 rings (SSSR count). The van der Waals surface area contributed by atoms with E-state index in [-0.39, 0.29) is 12.5 Å². The number of carbonyl (C=O) groups is 1. The second-order valence-electron chi connectivity index (χ2n) is 7.16. The molecule has 4 aromatic rings. The van der Waals surface area contributed by atoms with Crippen LogP contribution in [0.15, 0.2) is 63.6 Å². The van der Waals surface area contributed by atoms with Crippen LogP contribution in [0.4, 0.5) is 5.82 Å². The maximum Gasteiger partial charge on any atom is 0.283 e. The summed E-state index contributed by atoms with van der Waals surface area (Å²) in [4.78, 5) is 14.8. The van der Waals surface area contributed by atoms with Crippen molar-refractivity contribution in [1.82, 2.24) is 24.9 Å². The molecule has 9 heteroatoms. The third-order valence-corrected chi connectivity index (χ3v) is 4.56. The Morgan fingerprint density at radius 2 is 2.00 bits per heavy atom. The Morgan fingerprint density at radius 3 is 2.74 bits per heavy atom. The Bertz CT molecular complexity index is 1120. The van der Waals surface area contributed by atoms with Gasteiger partial charge in [-0.25, -0.2) is 4.68 Å². The zero-order valence-electron chi connectivity index (χ0n) is 17.5. The summed E-state index contributed by atoms with van der Waals surface area (Å²) >= 11 is 0. The molecule has 1 amide bonds. The Balaban J connectivity index is 1.43. The van der Waals surface area contributed by atoms with Crippen LogP contribution in [0.5, 0.6) is 0 Å². The first kappa shape index (κ1) is 20.5. The molecule has 0 atom stereocenters. The second-order valence-corrected chi connectivity index (χ2v) is 7.16. The summed E-state index contributed by atoms with van der Waals surface area (Å²) in [5.74, 6) is 1.75. The van der Waals surface area contributed by atoms with Gasteiger partial charge in [0.2, 0.25) is 11.8 Å². The average molecular weight is 420 g/mol. The molecule has 0 spiro atoms. The number of nitrogens with zero attached hydrogens (tertiary/aromatic N) is 5. The van der Waals surface area contributed by atoms with E-state index < -0.39 is 0 Å². The van der Waals surface area contributed by atoms with Crippen molar-refractivity contribution in [2.24, 2.45) is 0 Å². The highest BCUT2D eigenvalue weighted by molar-refractivity contribution is 5.91. The van der Waals surface area contributed by atoms with Gasteiger partial charge in [-0.15, -0.1) is 10.2 Å². The van der Waals surface area contributed by atoms with Crippen molar-refractivity contribution in [2.75, 3.05) is 18.4 Å². The van der Waals surface area contributed by atoms with Crippen molar-refractivity contribution in [3.63, 3.8) is 0 Å². The quantitative estimate of drug-likeness (QED) is 0.441. The van der Waals surface area contributed by atoms with Crippen molar-refractivity contribution >= 4 is 11.7 Å². The lowest BCUT2D eigenvalue weighted by Crippen LogP contribution is -2.34.